The van der Waals surface area contributed by atoms with E-state index in [0.29, 0.717) is 5.75 Å². The van der Waals surface area contributed by atoms with Crippen molar-refractivity contribution >= 4 is 32.5 Å². The molecule has 0 fully saturated rings. The fraction of sp³-hybridized carbons (Fsp3) is 0. The highest BCUT2D eigenvalue weighted by Crippen LogP contribution is 2.29. The largest absolute Gasteiger partial charge is 0.384 e. The van der Waals surface area contributed by atoms with E-state index in [4.69, 9.17) is 4.18 Å². The molecule has 3 aromatic rings. The molecule has 0 aliphatic heterocycles. The van der Waals surface area contributed by atoms with E-state index in [2.05, 4.69) is 0 Å². The SMILES string of the molecule is O=[SH](=O)Oc1cccc2cc3ccccc3cc12. The van der Waals surface area contributed by atoms with Gasteiger partial charge in [0.15, 0.2) is 0 Å². The molecule has 0 aliphatic rings. The molecule has 18 heavy (non-hydrogen) atoms. The molecule has 3 nitrogen and oxygen atoms in total. The van der Waals surface area contributed by atoms with Gasteiger partial charge in [0.25, 0.3) is 11.0 Å². The molecule has 0 spiro atoms. The van der Waals surface area contributed by atoms with E-state index in [1.165, 1.54) is 0 Å². The van der Waals surface area contributed by atoms with Crippen LogP contribution in [0.3, 0.4) is 0 Å². The number of rotatable bonds is 2. The minimum Gasteiger partial charge on any atom is -0.384 e. The summed E-state index contributed by atoms with van der Waals surface area (Å²) in [6.07, 6.45) is 0. The third-order valence-corrected chi connectivity index (χ3v) is 3.23. The smallest absolute Gasteiger partial charge is 0.299 e. The van der Waals surface area contributed by atoms with E-state index in [1.807, 2.05) is 42.5 Å². The Morgan fingerprint density at radius 3 is 2.17 bits per heavy atom. The van der Waals surface area contributed by atoms with Gasteiger partial charge < -0.3 is 4.18 Å². The number of benzene rings is 3. The number of hydrogen-bond acceptors (Lipinski definition) is 3. The first kappa shape index (κ1) is 11.0. The Morgan fingerprint density at radius 2 is 1.44 bits per heavy atom. The second-order valence-corrected chi connectivity index (χ2v) is 4.62. The molecule has 0 N–H and O–H groups in total. The minimum atomic E-state index is -2.89. The van der Waals surface area contributed by atoms with Crippen LogP contribution in [0.4, 0.5) is 0 Å². The highest BCUT2D eigenvalue weighted by atomic mass is 32.2. The molecule has 0 amide bonds. The summed E-state index contributed by atoms with van der Waals surface area (Å²) in [5.41, 5.74) is 0. The number of fused-ring (bicyclic) bond motifs is 2. The molecule has 0 heterocycles. The van der Waals surface area contributed by atoms with Crippen LogP contribution in [-0.4, -0.2) is 8.42 Å². The van der Waals surface area contributed by atoms with Crippen LogP contribution in [0.25, 0.3) is 21.5 Å². The topological polar surface area (TPSA) is 43.4 Å². The van der Waals surface area contributed by atoms with E-state index >= 15 is 0 Å². The molecular formula is C14H10O3S. The normalized spacial score (nSPS) is 11.2. The Hall–Kier alpha value is -2.07. The minimum absolute atomic E-state index is 0.370. The molecule has 3 rings (SSSR count). The zero-order valence-corrected chi connectivity index (χ0v) is 10.3. The first-order chi connectivity index (χ1) is 8.74. The Balaban J connectivity index is 2.35. The Bertz CT molecular complexity index is 798. The van der Waals surface area contributed by atoms with Crippen LogP contribution in [0, 0.1) is 0 Å². The first-order valence-electron chi connectivity index (χ1n) is 5.48. The van der Waals surface area contributed by atoms with Crippen LogP contribution in [-0.2, 0) is 11.0 Å². The lowest BCUT2D eigenvalue weighted by Crippen LogP contribution is -1.90. The maximum Gasteiger partial charge on any atom is 0.299 e. The number of hydrogen-bond donors (Lipinski definition) is 1. The Kier molecular flexibility index (Phi) is 2.64. The fourth-order valence-electron chi connectivity index (χ4n) is 2.10. The maximum atomic E-state index is 10.7. The molecule has 0 aromatic heterocycles. The van der Waals surface area contributed by atoms with Crippen LogP contribution < -0.4 is 4.18 Å². The van der Waals surface area contributed by atoms with Gasteiger partial charge in [-0.2, -0.15) is 8.42 Å². The van der Waals surface area contributed by atoms with Crippen LogP contribution in [0.5, 0.6) is 5.75 Å². The van der Waals surface area contributed by atoms with Gasteiger partial charge in [-0.05, 0) is 34.4 Å². The molecular weight excluding hydrogens is 248 g/mol. The van der Waals surface area contributed by atoms with E-state index in [-0.39, 0.29) is 0 Å². The van der Waals surface area contributed by atoms with Gasteiger partial charge in [0.05, 0.1) is 0 Å². The summed E-state index contributed by atoms with van der Waals surface area (Å²) in [5.74, 6) is 0.370. The molecule has 0 unspecified atom stereocenters. The van der Waals surface area contributed by atoms with Gasteiger partial charge in [0.2, 0.25) is 0 Å². The predicted octanol–water partition coefficient (Wildman–Crippen LogP) is 2.90. The summed E-state index contributed by atoms with van der Waals surface area (Å²) >= 11 is 0. The van der Waals surface area contributed by atoms with Crippen LogP contribution in [0.1, 0.15) is 0 Å². The molecule has 0 aliphatic carbocycles. The highest BCUT2D eigenvalue weighted by molar-refractivity contribution is 7.67. The molecule has 0 bridgehead atoms. The van der Waals surface area contributed by atoms with Gasteiger partial charge in [0.1, 0.15) is 5.75 Å². The van der Waals surface area contributed by atoms with E-state index < -0.39 is 11.0 Å². The van der Waals surface area contributed by atoms with Crippen molar-refractivity contribution in [2.24, 2.45) is 0 Å². The Morgan fingerprint density at radius 1 is 0.778 bits per heavy atom. The standard InChI is InChI=1S/C14H10O3S/c15-18(16)17-14-7-3-6-12-8-10-4-1-2-5-11(10)9-13(12)14/h1-9,18H. The van der Waals surface area contributed by atoms with Crippen molar-refractivity contribution in [2.45, 2.75) is 0 Å². The molecule has 90 valence electrons. The second-order valence-electron chi connectivity index (χ2n) is 3.99. The average molecular weight is 258 g/mol. The highest BCUT2D eigenvalue weighted by Gasteiger charge is 2.04. The number of thiol groups is 1. The van der Waals surface area contributed by atoms with E-state index in [0.717, 1.165) is 21.5 Å². The summed E-state index contributed by atoms with van der Waals surface area (Å²) in [7, 11) is -2.89. The zero-order chi connectivity index (χ0) is 12.5. The lowest BCUT2D eigenvalue weighted by atomic mass is 10.0. The van der Waals surface area contributed by atoms with E-state index in [1.54, 1.807) is 12.1 Å². The second kappa shape index (κ2) is 4.31. The van der Waals surface area contributed by atoms with Gasteiger partial charge in [-0.1, -0.05) is 36.4 Å². The van der Waals surface area contributed by atoms with Crippen molar-refractivity contribution in [3.05, 3.63) is 54.6 Å². The molecule has 0 atom stereocenters. The summed E-state index contributed by atoms with van der Waals surface area (Å²) in [4.78, 5) is 0. The third kappa shape index (κ3) is 1.91. The van der Waals surface area contributed by atoms with Gasteiger partial charge >= 0.3 is 0 Å². The van der Waals surface area contributed by atoms with Crippen molar-refractivity contribution in [1.29, 1.82) is 0 Å². The van der Waals surface area contributed by atoms with Crippen molar-refractivity contribution < 1.29 is 12.6 Å². The van der Waals surface area contributed by atoms with Crippen molar-refractivity contribution in [3.63, 3.8) is 0 Å². The van der Waals surface area contributed by atoms with E-state index in [9.17, 15) is 8.42 Å². The quantitative estimate of drug-likeness (QED) is 0.567. The summed E-state index contributed by atoms with van der Waals surface area (Å²) in [6.45, 7) is 0. The fourth-order valence-corrected chi connectivity index (χ4v) is 2.42. The summed E-state index contributed by atoms with van der Waals surface area (Å²) < 4.78 is 26.2. The van der Waals surface area contributed by atoms with Crippen LogP contribution in [0.2, 0.25) is 0 Å². The van der Waals surface area contributed by atoms with Gasteiger partial charge in [-0.25, -0.2) is 0 Å². The zero-order valence-electron chi connectivity index (χ0n) is 9.37. The molecule has 0 saturated carbocycles. The molecule has 0 saturated heterocycles. The maximum absolute atomic E-state index is 10.7. The van der Waals surface area contributed by atoms with Crippen molar-refractivity contribution in [2.75, 3.05) is 0 Å². The predicted molar refractivity (Wildman–Crippen MR) is 72.4 cm³/mol. The van der Waals surface area contributed by atoms with Crippen LogP contribution in [0.15, 0.2) is 54.6 Å². The molecule has 3 aromatic carbocycles. The van der Waals surface area contributed by atoms with Crippen molar-refractivity contribution in [1.82, 2.24) is 0 Å². The third-order valence-electron chi connectivity index (χ3n) is 2.88. The van der Waals surface area contributed by atoms with Crippen LogP contribution >= 0.6 is 0 Å². The van der Waals surface area contributed by atoms with Gasteiger partial charge in [-0.3, -0.25) is 0 Å². The first-order valence-corrected chi connectivity index (χ1v) is 6.57. The Labute approximate surface area is 106 Å². The lowest BCUT2D eigenvalue weighted by Gasteiger charge is -2.06. The molecule has 4 heteroatoms. The average Bonchev–Trinajstić information content (AvgIpc) is 2.36. The van der Waals surface area contributed by atoms with Gasteiger partial charge in [-0.15, -0.1) is 0 Å². The van der Waals surface area contributed by atoms with Gasteiger partial charge in [0, 0.05) is 5.39 Å². The van der Waals surface area contributed by atoms with Crippen molar-refractivity contribution in [3.8, 4) is 5.75 Å². The summed E-state index contributed by atoms with van der Waals surface area (Å²) in [5, 5.41) is 3.94. The molecule has 0 radical (unpaired) electrons. The lowest BCUT2D eigenvalue weighted by molar-refractivity contribution is 0.513. The monoisotopic (exact) mass is 258 g/mol. The summed E-state index contributed by atoms with van der Waals surface area (Å²) in [6, 6.07) is 17.3.